The Balaban J connectivity index is 1.03. The largest absolute Gasteiger partial charge is 0.309 e. The van der Waals surface area contributed by atoms with Crippen LogP contribution in [0.4, 0.5) is 0 Å². The first kappa shape index (κ1) is 32.0. The van der Waals surface area contributed by atoms with Gasteiger partial charge in [0, 0.05) is 43.6 Å². The summed E-state index contributed by atoms with van der Waals surface area (Å²) in [7, 11) is 0. The van der Waals surface area contributed by atoms with Gasteiger partial charge in [0.1, 0.15) is 0 Å². The van der Waals surface area contributed by atoms with Crippen molar-refractivity contribution in [2.45, 2.75) is 19.3 Å². The lowest BCUT2D eigenvalue weighted by molar-refractivity contribution is 0.643. The van der Waals surface area contributed by atoms with Crippen LogP contribution in [0.3, 0.4) is 0 Å². The highest BCUT2D eigenvalue weighted by Gasteiger charge is 2.34. The van der Waals surface area contributed by atoms with Crippen molar-refractivity contribution in [1.29, 1.82) is 0 Å². The van der Waals surface area contributed by atoms with Gasteiger partial charge in [0.05, 0.1) is 33.3 Å². The van der Waals surface area contributed by atoms with Crippen molar-refractivity contribution in [3.05, 3.63) is 193 Å². The molecule has 0 N–H and O–H groups in total. The van der Waals surface area contributed by atoms with E-state index in [9.17, 15) is 0 Å². The zero-order chi connectivity index (χ0) is 37.8. The van der Waals surface area contributed by atoms with Crippen LogP contribution in [-0.4, -0.2) is 19.1 Å². The normalized spacial score (nSPS) is 13.2. The van der Waals surface area contributed by atoms with E-state index in [0.29, 0.717) is 5.95 Å². The number of para-hydroxylation sites is 2. The van der Waals surface area contributed by atoms with E-state index in [1.54, 1.807) is 0 Å². The van der Waals surface area contributed by atoms with E-state index in [0.717, 1.165) is 33.3 Å². The molecule has 0 saturated carbocycles. The number of fused-ring (bicyclic) bond motifs is 8. The first-order chi connectivity index (χ1) is 28.0. The van der Waals surface area contributed by atoms with Gasteiger partial charge in [-0.2, -0.15) is 0 Å². The molecular formula is C53H36N4. The standard InChI is InChI=1S/C53H36N4/c1-53(2)43-18-9-6-17-41(43)51-50-44(53)19-12-20-45(50)54-52(55-51)57-47-22-11-8-16-39(47)42-31-35(26-30-48(42)57)36-25-29-40-38-15-7-10-21-46(38)56(49(40)32-36)37-27-23-34(24-28-37)33-13-4-3-5-14-33/h3-32H,1-2H3. The summed E-state index contributed by atoms with van der Waals surface area (Å²) in [4.78, 5) is 10.7. The number of aromatic nitrogens is 4. The van der Waals surface area contributed by atoms with Crippen molar-refractivity contribution in [2.75, 3.05) is 0 Å². The third-order valence-electron chi connectivity index (χ3n) is 12.4. The van der Waals surface area contributed by atoms with Gasteiger partial charge in [-0.1, -0.05) is 147 Å². The Morgan fingerprint density at radius 3 is 1.82 bits per heavy atom. The summed E-state index contributed by atoms with van der Waals surface area (Å²) in [5, 5.41) is 5.98. The van der Waals surface area contributed by atoms with E-state index >= 15 is 0 Å². The molecule has 1 aliphatic carbocycles. The molecule has 0 saturated heterocycles. The Hall–Kier alpha value is -7.30. The van der Waals surface area contributed by atoms with Gasteiger partial charge in [-0.3, -0.25) is 4.57 Å². The van der Waals surface area contributed by atoms with Crippen molar-refractivity contribution in [2.24, 2.45) is 0 Å². The summed E-state index contributed by atoms with van der Waals surface area (Å²) in [5.41, 5.74) is 16.0. The number of hydrogen-bond donors (Lipinski definition) is 0. The minimum absolute atomic E-state index is 0.151. The van der Waals surface area contributed by atoms with Crippen molar-refractivity contribution in [3.8, 4) is 45.1 Å². The highest BCUT2D eigenvalue weighted by atomic mass is 15.2. The summed E-state index contributed by atoms with van der Waals surface area (Å²) in [6.45, 7) is 4.62. The monoisotopic (exact) mass is 728 g/mol. The zero-order valence-electron chi connectivity index (χ0n) is 31.6. The molecule has 0 bridgehead atoms. The van der Waals surface area contributed by atoms with Crippen LogP contribution in [0.15, 0.2) is 182 Å². The Bertz CT molecular complexity index is 3420. The molecule has 268 valence electrons. The fraction of sp³-hybridized carbons (Fsp3) is 0.0566. The number of nitrogens with zero attached hydrogens (tertiary/aromatic N) is 4. The zero-order valence-corrected chi connectivity index (χ0v) is 31.6. The van der Waals surface area contributed by atoms with Crippen LogP contribution < -0.4 is 0 Å². The molecule has 12 rings (SSSR count). The molecule has 4 heteroatoms. The van der Waals surface area contributed by atoms with E-state index in [4.69, 9.17) is 9.97 Å². The van der Waals surface area contributed by atoms with Gasteiger partial charge >= 0.3 is 0 Å². The molecule has 0 unspecified atom stereocenters. The van der Waals surface area contributed by atoms with Crippen LogP contribution in [0.1, 0.15) is 25.0 Å². The van der Waals surface area contributed by atoms with Crippen molar-refractivity contribution < 1.29 is 0 Å². The fourth-order valence-corrected chi connectivity index (χ4v) is 9.60. The van der Waals surface area contributed by atoms with Gasteiger partial charge in [0.2, 0.25) is 5.95 Å². The van der Waals surface area contributed by atoms with E-state index in [1.807, 2.05) is 0 Å². The van der Waals surface area contributed by atoms with Crippen molar-refractivity contribution >= 4 is 54.5 Å². The van der Waals surface area contributed by atoms with Gasteiger partial charge in [0.15, 0.2) is 0 Å². The van der Waals surface area contributed by atoms with Gasteiger partial charge in [-0.05, 0) is 81.9 Å². The van der Waals surface area contributed by atoms with Gasteiger partial charge < -0.3 is 4.57 Å². The number of hydrogen-bond acceptors (Lipinski definition) is 2. The van der Waals surface area contributed by atoms with Crippen LogP contribution >= 0.6 is 0 Å². The lowest BCUT2D eigenvalue weighted by atomic mass is 9.70. The average Bonchev–Trinajstić information content (AvgIpc) is 3.78. The molecule has 3 aromatic heterocycles. The first-order valence-corrected chi connectivity index (χ1v) is 19.7. The molecule has 0 radical (unpaired) electrons. The lowest BCUT2D eigenvalue weighted by Gasteiger charge is -2.34. The van der Waals surface area contributed by atoms with Crippen molar-refractivity contribution in [3.63, 3.8) is 0 Å². The predicted octanol–water partition coefficient (Wildman–Crippen LogP) is 13.5. The molecule has 0 aliphatic heterocycles. The molecule has 0 fully saturated rings. The van der Waals surface area contributed by atoms with Gasteiger partial charge in [-0.15, -0.1) is 0 Å². The number of rotatable bonds is 4. The first-order valence-electron chi connectivity index (χ1n) is 19.7. The molecule has 4 nitrogen and oxygen atoms in total. The van der Waals surface area contributed by atoms with Crippen LogP contribution in [0.25, 0.3) is 99.7 Å². The molecule has 57 heavy (non-hydrogen) atoms. The maximum atomic E-state index is 5.43. The highest BCUT2D eigenvalue weighted by Crippen LogP contribution is 2.48. The Labute approximate surface area is 329 Å². The number of benzene rings is 8. The van der Waals surface area contributed by atoms with E-state index < -0.39 is 0 Å². The van der Waals surface area contributed by atoms with E-state index in [1.165, 1.54) is 71.5 Å². The Morgan fingerprint density at radius 2 is 1.00 bits per heavy atom. The quantitative estimate of drug-likeness (QED) is 0.181. The predicted molar refractivity (Wildman–Crippen MR) is 237 cm³/mol. The summed E-state index contributed by atoms with van der Waals surface area (Å²) in [6.07, 6.45) is 0. The van der Waals surface area contributed by atoms with Crippen LogP contribution in [-0.2, 0) is 5.41 Å². The molecule has 3 heterocycles. The van der Waals surface area contributed by atoms with Crippen LogP contribution in [0.2, 0.25) is 0 Å². The third kappa shape index (κ3) is 4.62. The highest BCUT2D eigenvalue weighted by molar-refractivity contribution is 6.12. The summed E-state index contributed by atoms with van der Waals surface area (Å²) in [6, 6.07) is 65.9. The van der Waals surface area contributed by atoms with Gasteiger partial charge in [0.25, 0.3) is 0 Å². The smallest absolute Gasteiger partial charge is 0.235 e. The SMILES string of the molecule is CC1(C)c2ccccc2-c2nc(-n3c4ccccc4c4cc(-c5ccc6c7ccccc7n(-c7ccc(-c8ccccc8)cc7)c6c5)ccc43)nc3cccc1c23. The second-order valence-electron chi connectivity index (χ2n) is 15.8. The van der Waals surface area contributed by atoms with Gasteiger partial charge in [-0.25, -0.2) is 9.97 Å². The average molecular weight is 729 g/mol. The molecular weight excluding hydrogens is 693 g/mol. The summed E-state index contributed by atoms with van der Waals surface area (Å²) < 4.78 is 4.65. The van der Waals surface area contributed by atoms with Crippen molar-refractivity contribution in [1.82, 2.24) is 19.1 Å². The minimum atomic E-state index is -0.151. The molecule has 8 aromatic carbocycles. The summed E-state index contributed by atoms with van der Waals surface area (Å²) in [5.74, 6) is 0.687. The maximum Gasteiger partial charge on any atom is 0.235 e. The molecule has 0 spiro atoms. The Kier molecular flexibility index (Phi) is 6.65. The topological polar surface area (TPSA) is 35.6 Å². The maximum absolute atomic E-state index is 5.43. The molecule has 0 amide bonds. The van der Waals surface area contributed by atoms with Crippen LogP contribution in [0, 0.1) is 0 Å². The van der Waals surface area contributed by atoms with Crippen LogP contribution in [0.5, 0.6) is 0 Å². The molecule has 1 aliphatic rings. The second kappa shape index (κ2) is 11.8. The minimum Gasteiger partial charge on any atom is -0.309 e. The Morgan fingerprint density at radius 1 is 0.404 bits per heavy atom. The summed E-state index contributed by atoms with van der Waals surface area (Å²) >= 11 is 0. The lowest BCUT2D eigenvalue weighted by Crippen LogP contribution is -2.24. The molecule has 0 atom stereocenters. The molecule has 11 aromatic rings. The second-order valence-corrected chi connectivity index (χ2v) is 15.8. The van der Waals surface area contributed by atoms with E-state index in [2.05, 4.69) is 205 Å². The third-order valence-corrected chi connectivity index (χ3v) is 12.4. The fourth-order valence-electron chi connectivity index (χ4n) is 9.60. The van der Waals surface area contributed by atoms with E-state index in [-0.39, 0.29) is 5.41 Å².